The molecule has 6 N–H and O–H groups in total. The molecule has 44 heavy (non-hydrogen) atoms. The third-order valence-electron chi connectivity index (χ3n) is 4.79. The third-order valence-corrected chi connectivity index (χ3v) is 4.79. The summed E-state index contributed by atoms with van der Waals surface area (Å²) in [5.41, 5.74) is -1.55. The maximum Gasteiger partial charge on any atom is 0.101 e. The second-order valence-electron chi connectivity index (χ2n) is 8.58. The standard InChI is InChI=1S/C11H20NO5.2C7H14O4.C2H5.3Rf/c1-15-6-10(13)8-17-9-11(14)7-16-5-3-2-4-12;2*1-10-5-7(3-8,4-9)6-11-2;1-2;;;/h10-11,13-14H,1-3,5-9H2;2*8-9H,1-6H2;1H2,2H3;;;/q-1;2*-2;-1;;;. The molecule has 0 aliphatic rings. The molecule has 0 spiro atoms. The van der Waals surface area contributed by atoms with E-state index >= 15 is 0 Å². The summed E-state index contributed by atoms with van der Waals surface area (Å²) in [5.74, 6) is 0. The van der Waals surface area contributed by atoms with Crippen LogP contribution in [-0.4, -0.2) is 129 Å². The Morgan fingerprint density at radius 3 is 1.18 bits per heavy atom. The Labute approximate surface area is 246 Å². The number of nitrogens with zero attached hydrogens (tertiary/aromatic N) is 1. The zero-order chi connectivity index (χ0) is 32.4. The van der Waals surface area contributed by atoms with Crippen molar-refractivity contribution >= 4 is 0 Å². The first-order valence-electron chi connectivity index (χ1n) is 12.6. The van der Waals surface area contributed by atoms with Gasteiger partial charge in [-0.1, -0.05) is 0 Å². The Hall–Kier alpha value is -4.03. The van der Waals surface area contributed by atoms with Crippen LogP contribution in [-0.2, 0) is 33.2 Å². The summed E-state index contributed by atoms with van der Waals surface area (Å²) in [7, 11) is 15.7. The van der Waals surface area contributed by atoms with Gasteiger partial charge in [0.1, 0.15) is 6.10 Å². The zero-order valence-electron chi connectivity index (χ0n) is 26.6. The number of hydrogen-bond donors (Lipinski definition) is 6. The molecule has 256 valence electrons. The first kappa shape index (κ1) is 55.8. The molecule has 2 atom stereocenters. The Kier molecular flexibility index (Phi) is 52.2. The SMILES string of the molecule is [CH2-]C.[CH2-]OCC(CO)(CO)CO[CH2-].[CH2-]OCC(CO)(CO)CO[CH2-].[CH2-]OCC(O)COCC(O)COCCCC#N.[Rf].[Rf].[Rf]. The molecule has 0 saturated heterocycles. The molecule has 14 nitrogen and oxygen atoms in total. The smallest absolute Gasteiger partial charge is 0.101 e. The van der Waals surface area contributed by atoms with E-state index in [0.717, 1.165) is 0 Å². The normalized spacial score (nSPS) is 11.6. The van der Waals surface area contributed by atoms with Gasteiger partial charge in [-0.25, -0.2) is 35.5 Å². The summed E-state index contributed by atoms with van der Waals surface area (Å²) < 4.78 is 32.9. The molecule has 2 unspecified atom stereocenters. The fraction of sp³-hybridized carbons (Fsp3) is 0.741. The number of unbranched alkanes of at least 4 members (excludes halogenated alkanes) is 1. The van der Waals surface area contributed by atoms with E-state index in [2.05, 4.69) is 66.2 Å². The van der Waals surface area contributed by atoms with Crippen LogP contribution in [0.2, 0.25) is 0 Å². The van der Waals surface area contributed by atoms with Crippen LogP contribution in [0.1, 0.15) is 19.8 Å². The van der Waals surface area contributed by atoms with Crippen molar-refractivity contribution in [2.45, 2.75) is 32.0 Å². The summed E-state index contributed by atoms with van der Waals surface area (Å²) in [5, 5.41) is 62.3. The van der Waals surface area contributed by atoms with Crippen LogP contribution in [0, 0.1) is 64.6 Å². The van der Waals surface area contributed by atoms with Crippen molar-refractivity contribution in [1.29, 1.82) is 5.26 Å². The number of hydrogen-bond acceptors (Lipinski definition) is 14. The predicted molar refractivity (Wildman–Crippen MR) is 149 cm³/mol. The third kappa shape index (κ3) is 32.5. The average Bonchev–Trinajstić information content (AvgIpc) is 2.98. The van der Waals surface area contributed by atoms with Gasteiger partial charge < -0.3 is 70.7 Å². The summed E-state index contributed by atoms with van der Waals surface area (Å²) in [6.07, 6.45) is -0.366. The number of ether oxygens (including phenoxy) is 7. The summed E-state index contributed by atoms with van der Waals surface area (Å²) >= 11 is 0. The second kappa shape index (κ2) is 41.1. The molecule has 0 bridgehead atoms. The molecule has 0 aliphatic carbocycles. The molecule has 17 heteroatoms. The number of nitriles is 1. The molecule has 0 aromatic carbocycles. The molecular formula is C27H53NO13Rf3-6. The first-order chi connectivity index (χ1) is 19.7. The van der Waals surface area contributed by atoms with E-state index in [-0.39, 0.29) is 79.3 Å². The minimum absolute atomic E-state index is 0. The average molecular weight is 1400 g/mol. The van der Waals surface area contributed by atoms with Crippen molar-refractivity contribution in [3.05, 3.63) is 42.5 Å². The maximum atomic E-state index is 9.41. The Morgan fingerprint density at radius 1 is 0.591 bits per heavy atom. The van der Waals surface area contributed by atoms with Crippen LogP contribution in [0.4, 0.5) is 0 Å². The van der Waals surface area contributed by atoms with Crippen LogP contribution < -0.4 is 0 Å². The van der Waals surface area contributed by atoms with Gasteiger partial charge in [0.05, 0.1) is 69.3 Å². The van der Waals surface area contributed by atoms with E-state index in [9.17, 15) is 10.2 Å². The molecule has 0 rings (SSSR count). The van der Waals surface area contributed by atoms with Gasteiger partial charge in [0.25, 0.3) is 0 Å². The van der Waals surface area contributed by atoms with Crippen LogP contribution in [0.3, 0.4) is 0 Å². The van der Waals surface area contributed by atoms with Crippen molar-refractivity contribution in [2.75, 3.05) is 85.9 Å². The molecule has 0 saturated carbocycles. The van der Waals surface area contributed by atoms with Gasteiger partial charge >= 0.3 is 0 Å². The Morgan fingerprint density at radius 2 is 0.909 bits per heavy atom. The Bertz CT molecular complexity index is 506. The van der Waals surface area contributed by atoms with Gasteiger partial charge in [-0.15, -0.1) is 0 Å². The summed E-state index contributed by atoms with van der Waals surface area (Å²) in [6, 6.07) is 2.00. The maximum absolute atomic E-state index is 9.41. The van der Waals surface area contributed by atoms with Gasteiger partial charge in [-0.3, -0.25) is 0 Å². The molecule has 0 aromatic heterocycles. The number of aliphatic hydroxyl groups is 6. The molecule has 0 aliphatic heterocycles. The van der Waals surface area contributed by atoms with Crippen LogP contribution >= 0.6 is 0 Å². The Balaban J connectivity index is -0.0000000905. The molecule has 0 radical (unpaired) electrons. The van der Waals surface area contributed by atoms with Gasteiger partial charge in [-0.05, 0) is 6.42 Å². The van der Waals surface area contributed by atoms with E-state index in [4.69, 9.17) is 35.2 Å². The van der Waals surface area contributed by atoms with E-state index in [1.807, 2.05) is 6.07 Å². The van der Waals surface area contributed by atoms with Crippen LogP contribution in [0.25, 0.3) is 0 Å². The summed E-state index contributed by atoms with van der Waals surface area (Å²) in [4.78, 5) is 0. The minimum Gasteiger partial charge on any atom is -0.554 e. The summed E-state index contributed by atoms with van der Waals surface area (Å²) in [6.45, 7) is 5.62. The molecule has 0 aromatic rings. The second-order valence-corrected chi connectivity index (χ2v) is 8.58. The fourth-order valence-corrected chi connectivity index (χ4v) is 2.46. The van der Waals surface area contributed by atoms with E-state index in [1.165, 1.54) is 0 Å². The van der Waals surface area contributed by atoms with Crippen molar-refractivity contribution in [3.8, 4) is 6.07 Å². The van der Waals surface area contributed by atoms with Crippen LogP contribution in [0.5, 0.6) is 0 Å². The van der Waals surface area contributed by atoms with E-state index in [1.54, 1.807) is 6.92 Å². The fourth-order valence-electron chi connectivity index (χ4n) is 2.46. The first-order valence-corrected chi connectivity index (χ1v) is 12.6. The largest absolute Gasteiger partial charge is 0.554 e. The molecular weight excluding hydrogens is 1350 g/mol. The van der Waals surface area contributed by atoms with Crippen molar-refractivity contribution in [1.82, 2.24) is 0 Å². The van der Waals surface area contributed by atoms with Crippen molar-refractivity contribution in [2.24, 2.45) is 10.8 Å². The number of rotatable bonds is 23. The van der Waals surface area contributed by atoms with Gasteiger partial charge in [-0.2, -0.15) is 12.2 Å². The van der Waals surface area contributed by atoms with Crippen LogP contribution in [0.15, 0.2) is 0 Å². The van der Waals surface area contributed by atoms with E-state index in [0.29, 0.717) is 19.4 Å². The monoisotopic (exact) mass is 1400 g/mol. The minimum atomic E-state index is -0.774. The van der Waals surface area contributed by atoms with Gasteiger partial charge in [0, 0.05) is 46.1 Å². The van der Waals surface area contributed by atoms with Crippen molar-refractivity contribution in [3.63, 3.8) is 0 Å². The van der Waals surface area contributed by atoms with Gasteiger partial charge in [0.15, 0.2) is 0 Å². The van der Waals surface area contributed by atoms with Crippen molar-refractivity contribution < 1.29 is 63.8 Å². The topological polar surface area (TPSA) is 210 Å². The number of aliphatic hydroxyl groups excluding tert-OH is 6. The van der Waals surface area contributed by atoms with E-state index < -0.39 is 23.0 Å². The molecule has 0 amide bonds. The molecule has 0 heterocycles. The predicted octanol–water partition coefficient (Wildman–Crippen LogP) is -0.159. The zero-order valence-corrected chi connectivity index (χ0v) is 45.8. The molecule has 0 fully saturated rings. The van der Waals surface area contributed by atoms with Gasteiger partial charge in [0.2, 0.25) is 0 Å². The quantitative estimate of drug-likeness (QED) is 0.0581.